The molecule has 24 heavy (non-hydrogen) atoms. The van der Waals surface area contributed by atoms with Gasteiger partial charge in [0.2, 0.25) is 0 Å². The second-order valence-electron chi connectivity index (χ2n) is 6.18. The van der Waals surface area contributed by atoms with Crippen LogP contribution in [0, 0.1) is 0 Å². The number of nitrogens with one attached hydrogen (secondary N) is 2. The minimum Gasteiger partial charge on any atom is -0.357 e. The van der Waals surface area contributed by atoms with Gasteiger partial charge in [0.05, 0.1) is 6.04 Å². The van der Waals surface area contributed by atoms with Crippen LogP contribution in [0.25, 0.3) is 10.9 Å². The first kappa shape index (κ1) is 14.8. The number of rotatable bonds is 2. The first-order chi connectivity index (χ1) is 11.8. The summed E-state index contributed by atoms with van der Waals surface area (Å²) in [5, 5.41) is 4.17. The van der Waals surface area contributed by atoms with Crippen molar-refractivity contribution in [3.63, 3.8) is 0 Å². The van der Waals surface area contributed by atoms with Gasteiger partial charge < -0.3 is 15.2 Å². The van der Waals surface area contributed by atoms with Gasteiger partial charge in [-0.1, -0.05) is 18.2 Å². The molecule has 4 rings (SSSR count). The summed E-state index contributed by atoms with van der Waals surface area (Å²) in [6, 6.07) is 14.0. The number of hydrogen-bond acceptors (Lipinski definition) is 2. The number of urea groups is 1. The highest BCUT2D eigenvalue weighted by atomic mass is 16.2. The van der Waals surface area contributed by atoms with Crippen LogP contribution < -0.4 is 5.32 Å². The third-order valence-electron chi connectivity index (χ3n) is 4.61. The van der Waals surface area contributed by atoms with Crippen LogP contribution in [0.2, 0.25) is 0 Å². The molecule has 0 radical (unpaired) electrons. The molecule has 1 atom stereocenters. The van der Waals surface area contributed by atoms with Crippen molar-refractivity contribution < 1.29 is 4.79 Å². The van der Waals surface area contributed by atoms with Gasteiger partial charge in [-0.05, 0) is 48.9 Å². The highest BCUT2D eigenvalue weighted by Crippen LogP contribution is 2.32. The number of aromatic nitrogens is 2. The third-order valence-corrected chi connectivity index (χ3v) is 4.61. The number of anilines is 1. The number of likely N-dealkylation sites (tertiary alicyclic amines) is 1. The van der Waals surface area contributed by atoms with Gasteiger partial charge in [0, 0.05) is 35.8 Å². The minimum atomic E-state index is -0.0513. The number of hydrogen-bond donors (Lipinski definition) is 2. The zero-order valence-electron chi connectivity index (χ0n) is 13.4. The van der Waals surface area contributed by atoms with E-state index in [1.54, 1.807) is 24.5 Å². The summed E-state index contributed by atoms with van der Waals surface area (Å²) in [7, 11) is 0. The van der Waals surface area contributed by atoms with E-state index < -0.39 is 0 Å². The van der Waals surface area contributed by atoms with Crippen LogP contribution in [0.15, 0.2) is 54.9 Å². The van der Waals surface area contributed by atoms with E-state index in [1.807, 2.05) is 17.0 Å². The Hall–Kier alpha value is -2.82. The zero-order chi connectivity index (χ0) is 16.4. The fourth-order valence-electron chi connectivity index (χ4n) is 3.40. The third kappa shape index (κ3) is 2.85. The Morgan fingerprint density at radius 3 is 2.83 bits per heavy atom. The number of para-hydroxylation sites is 1. The van der Waals surface area contributed by atoms with Gasteiger partial charge in [-0.3, -0.25) is 4.98 Å². The van der Waals surface area contributed by atoms with E-state index in [0.717, 1.165) is 42.7 Å². The van der Waals surface area contributed by atoms with Gasteiger partial charge in [0.25, 0.3) is 0 Å². The number of aromatic amines is 1. The first-order valence-corrected chi connectivity index (χ1v) is 8.36. The number of H-pyrrole nitrogens is 1. The molecule has 0 saturated carbocycles. The van der Waals surface area contributed by atoms with E-state index in [-0.39, 0.29) is 12.1 Å². The maximum absolute atomic E-state index is 12.7. The van der Waals surface area contributed by atoms with Gasteiger partial charge in [-0.2, -0.15) is 0 Å². The molecule has 2 amide bonds. The van der Waals surface area contributed by atoms with E-state index in [1.165, 1.54) is 5.39 Å². The molecule has 3 aromatic rings. The number of pyridine rings is 1. The van der Waals surface area contributed by atoms with Crippen molar-refractivity contribution in [2.24, 2.45) is 0 Å². The van der Waals surface area contributed by atoms with Crippen molar-refractivity contribution in [1.82, 2.24) is 14.9 Å². The van der Waals surface area contributed by atoms with E-state index in [9.17, 15) is 4.79 Å². The van der Waals surface area contributed by atoms with Gasteiger partial charge >= 0.3 is 6.03 Å². The molecule has 1 aliphatic heterocycles. The van der Waals surface area contributed by atoms with Crippen molar-refractivity contribution >= 4 is 22.6 Å². The molecule has 0 spiro atoms. The number of nitrogens with zero attached hydrogens (tertiary/aromatic N) is 2. The van der Waals surface area contributed by atoms with E-state index >= 15 is 0 Å². The first-order valence-electron chi connectivity index (χ1n) is 8.36. The molecule has 1 fully saturated rings. The Labute approximate surface area is 140 Å². The molecule has 1 saturated heterocycles. The van der Waals surface area contributed by atoms with Crippen LogP contribution in [0.3, 0.4) is 0 Å². The lowest BCUT2D eigenvalue weighted by atomic mass is 9.99. The number of benzene rings is 1. The Balaban J connectivity index is 1.59. The summed E-state index contributed by atoms with van der Waals surface area (Å²) < 4.78 is 0. The topological polar surface area (TPSA) is 61.0 Å². The maximum Gasteiger partial charge on any atom is 0.322 e. The SMILES string of the molecule is O=C(Nc1ccncc1)N1CCCCC1c1cc2ccccc2[nH]1. The van der Waals surface area contributed by atoms with Crippen LogP contribution in [-0.2, 0) is 0 Å². The maximum atomic E-state index is 12.7. The number of carbonyl (C=O) groups excluding carboxylic acids is 1. The summed E-state index contributed by atoms with van der Waals surface area (Å²) in [5.74, 6) is 0. The number of amides is 2. The predicted molar refractivity (Wildman–Crippen MR) is 94.9 cm³/mol. The van der Waals surface area contributed by atoms with Crippen LogP contribution in [-0.4, -0.2) is 27.4 Å². The summed E-state index contributed by atoms with van der Waals surface area (Å²) in [6.07, 6.45) is 6.53. The smallest absolute Gasteiger partial charge is 0.322 e. The molecule has 122 valence electrons. The predicted octanol–water partition coefficient (Wildman–Crippen LogP) is 4.32. The van der Waals surface area contributed by atoms with E-state index in [2.05, 4.69) is 33.5 Å². The second kappa shape index (κ2) is 6.35. The number of piperidine rings is 1. The van der Waals surface area contributed by atoms with Crippen LogP contribution in [0.5, 0.6) is 0 Å². The van der Waals surface area contributed by atoms with Crippen molar-refractivity contribution in [1.29, 1.82) is 0 Å². The van der Waals surface area contributed by atoms with Crippen LogP contribution in [0.4, 0.5) is 10.5 Å². The van der Waals surface area contributed by atoms with Crippen molar-refractivity contribution in [2.45, 2.75) is 25.3 Å². The quantitative estimate of drug-likeness (QED) is 0.738. The fraction of sp³-hybridized carbons (Fsp3) is 0.263. The second-order valence-corrected chi connectivity index (χ2v) is 6.18. The van der Waals surface area contributed by atoms with E-state index in [0.29, 0.717) is 0 Å². The van der Waals surface area contributed by atoms with Gasteiger partial charge in [-0.15, -0.1) is 0 Å². The molecule has 5 heteroatoms. The number of carbonyl (C=O) groups is 1. The normalized spacial score (nSPS) is 17.8. The van der Waals surface area contributed by atoms with Gasteiger partial charge in [0.15, 0.2) is 0 Å². The molecular formula is C19H20N4O. The highest BCUT2D eigenvalue weighted by Gasteiger charge is 2.29. The molecule has 1 aliphatic rings. The van der Waals surface area contributed by atoms with Crippen LogP contribution >= 0.6 is 0 Å². The molecule has 2 aromatic heterocycles. The van der Waals surface area contributed by atoms with Crippen molar-refractivity contribution in [3.05, 3.63) is 60.6 Å². The minimum absolute atomic E-state index is 0.0513. The van der Waals surface area contributed by atoms with Crippen molar-refractivity contribution in [2.75, 3.05) is 11.9 Å². The summed E-state index contributed by atoms with van der Waals surface area (Å²) >= 11 is 0. The molecule has 5 nitrogen and oxygen atoms in total. The largest absolute Gasteiger partial charge is 0.357 e. The average Bonchev–Trinajstić information content (AvgIpc) is 3.06. The summed E-state index contributed by atoms with van der Waals surface area (Å²) in [6.45, 7) is 0.775. The Bertz CT molecular complexity index is 810. The Morgan fingerprint density at radius 2 is 2.00 bits per heavy atom. The van der Waals surface area contributed by atoms with Crippen molar-refractivity contribution in [3.8, 4) is 0 Å². The molecular weight excluding hydrogens is 300 g/mol. The standard InChI is InChI=1S/C19H20N4O/c24-19(21-15-8-10-20-11-9-15)23-12-4-3-7-18(23)17-13-14-5-1-2-6-16(14)22-17/h1-2,5-6,8-11,13,18,22H,3-4,7,12H2,(H,20,21,24). The van der Waals surface area contributed by atoms with E-state index in [4.69, 9.17) is 0 Å². The highest BCUT2D eigenvalue weighted by molar-refractivity contribution is 5.89. The average molecular weight is 320 g/mol. The molecule has 0 bridgehead atoms. The van der Waals surface area contributed by atoms with Gasteiger partial charge in [0.1, 0.15) is 0 Å². The number of fused-ring (bicyclic) bond motifs is 1. The fourth-order valence-corrected chi connectivity index (χ4v) is 3.40. The monoisotopic (exact) mass is 320 g/mol. The summed E-state index contributed by atoms with van der Waals surface area (Å²) in [5.41, 5.74) is 3.00. The molecule has 2 N–H and O–H groups in total. The molecule has 1 aromatic carbocycles. The summed E-state index contributed by atoms with van der Waals surface area (Å²) in [4.78, 5) is 22.2. The van der Waals surface area contributed by atoms with Gasteiger partial charge in [-0.25, -0.2) is 4.79 Å². The molecule has 3 heterocycles. The Morgan fingerprint density at radius 1 is 1.17 bits per heavy atom. The molecule has 1 unspecified atom stereocenters. The zero-order valence-corrected chi connectivity index (χ0v) is 13.4. The lowest BCUT2D eigenvalue weighted by Crippen LogP contribution is -2.41. The lowest BCUT2D eigenvalue weighted by Gasteiger charge is -2.35. The lowest BCUT2D eigenvalue weighted by molar-refractivity contribution is 0.162. The Kier molecular flexibility index (Phi) is 3.91. The molecule has 0 aliphatic carbocycles. The van der Waals surface area contributed by atoms with Crippen LogP contribution in [0.1, 0.15) is 31.0 Å².